The molecule has 1 N–H and O–H groups in total. The second kappa shape index (κ2) is 16.1. The van der Waals surface area contributed by atoms with E-state index in [2.05, 4.69) is 13.8 Å². The van der Waals surface area contributed by atoms with Crippen LogP contribution in [-0.4, -0.2) is 104 Å². The van der Waals surface area contributed by atoms with Crippen molar-refractivity contribution in [3.05, 3.63) is 76.6 Å². The molecule has 2 aliphatic heterocycles. The van der Waals surface area contributed by atoms with Gasteiger partial charge in [0.1, 0.15) is 12.1 Å². The number of nitrogens with zero attached hydrogens (tertiary/aromatic N) is 6. The number of aromatic nitrogens is 2. The van der Waals surface area contributed by atoms with Crippen molar-refractivity contribution in [2.75, 3.05) is 44.2 Å². The minimum atomic E-state index is -0.692. The highest BCUT2D eigenvalue weighted by Crippen LogP contribution is 2.30. The third-order valence-electron chi connectivity index (χ3n) is 9.41. The van der Waals surface area contributed by atoms with E-state index in [0.29, 0.717) is 48.8 Å². The molecule has 274 valence electrons. The molecule has 1 aromatic heterocycles. The van der Waals surface area contributed by atoms with Gasteiger partial charge in [0.15, 0.2) is 5.69 Å². The largest absolute Gasteiger partial charge is 0.444 e. The first kappa shape index (κ1) is 37.5. The number of hydrogen-bond donors (Lipinski definition) is 1. The Bertz CT molecular complexity index is 1740. The molecular weight excluding hydrogens is 648 g/mol. The van der Waals surface area contributed by atoms with Gasteiger partial charge >= 0.3 is 6.09 Å². The zero-order valence-electron chi connectivity index (χ0n) is 30.9. The van der Waals surface area contributed by atoms with Crippen molar-refractivity contribution >= 4 is 29.5 Å². The summed E-state index contributed by atoms with van der Waals surface area (Å²) in [5, 5.41) is 15.2. The molecule has 12 nitrogen and oxygen atoms in total. The van der Waals surface area contributed by atoms with Gasteiger partial charge in [-0.15, -0.1) is 0 Å². The van der Waals surface area contributed by atoms with E-state index in [9.17, 15) is 24.3 Å². The number of anilines is 1. The Morgan fingerprint density at radius 1 is 0.961 bits per heavy atom. The van der Waals surface area contributed by atoms with Crippen LogP contribution in [0.25, 0.3) is 5.69 Å². The van der Waals surface area contributed by atoms with Gasteiger partial charge in [-0.05, 0) is 82.3 Å². The maximum atomic E-state index is 14.7. The van der Waals surface area contributed by atoms with Crippen LogP contribution >= 0.6 is 0 Å². The second-order valence-corrected chi connectivity index (χ2v) is 14.5. The van der Waals surface area contributed by atoms with Crippen molar-refractivity contribution in [3.63, 3.8) is 0 Å². The van der Waals surface area contributed by atoms with Crippen molar-refractivity contribution in [3.8, 4) is 5.69 Å². The SMILES string of the molecule is CCCCN(CCCC)C(=O)c1cc(C)n(-c2ccc(N3CCN(C(=O)OC(C)(C)C)CC3=O)cc2C(=O)N2Cc3ccccc3CC2CO)n1. The number of aryl methyl sites for hydroxylation is 1. The van der Waals surface area contributed by atoms with Crippen LogP contribution in [0.15, 0.2) is 48.5 Å². The predicted molar refractivity (Wildman–Crippen MR) is 195 cm³/mol. The molecule has 0 aliphatic carbocycles. The Labute approximate surface area is 300 Å². The fraction of sp³-hybridized carbons (Fsp3) is 0.513. The number of carbonyl (C=O) groups excluding carboxylic acids is 4. The number of hydrogen-bond acceptors (Lipinski definition) is 7. The zero-order valence-corrected chi connectivity index (χ0v) is 30.9. The Balaban J connectivity index is 1.52. The molecule has 1 fully saturated rings. The number of aliphatic hydroxyl groups is 1. The Morgan fingerprint density at radius 3 is 2.27 bits per heavy atom. The van der Waals surface area contributed by atoms with Gasteiger partial charge in [-0.1, -0.05) is 51.0 Å². The smallest absolute Gasteiger partial charge is 0.410 e. The van der Waals surface area contributed by atoms with Gasteiger partial charge < -0.3 is 24.5 Å². The van der Waals surface area contributed by atoms with Crippen molar-refractivity contribution in [2.24, 2.45) is 0 Å². The maximum Gasteiger partial charge on any atom is 0.410 e. The van der Waals surface area contributed by atoms with Gasteiger partial charge in [-0.25, -0.2) is 9.48 Å². The maximum absolute atomic E-state index is 14.7. The molecule has 2 aromatic carbocycles. The van der Waals surface area contributed by atoms with Crippen LogP contribution < -0.4 is 4.90 Å². The highest BCUT2D eigenvalue weighted by atomic mass is 16.6. The minimum absolute atomic E-state index is 0.148. The summed E-state index contributed by atoms with van der Waals surface area (Å²) in [5.74, 6) is -0.777. The summed E-state index contributed by atoms with van der Waals surface area (Å²) in [6.07, 6.45) is 3.68. The Kier molecular flexibility index (Phi) is 11.8. The van der Waals surface area contributed by atoms with E-state index in [1.165, 1.54) is 4.90 Å². The third kappa shape index (κ3) is 8.61. The summed E-state index contributed by atoms with van der Waals surface area (Å²) < 4.78 is 7.11. The predicted octanol–water partition coefficient (Wildman–Crippen LogP) is 5.37. The number of ether oxygens (including phenoxy) is 1. The van der Waals surface area contributed by atoms with Crippen LogP contribution in [0.4, 0.5) is 10.5 Å². The van der Waals surface area contributed by atoms with E-state index < -0.39 is 17.7 Å². The second-order valence-electron chi connectivity index (χ2n) is 14.5. The van der Waals surface area contributed by atoms with E-state index in [0.717, 1.165) is 36.8 Å². The molecular formula is C39H52N6O6. The molecule has 0 radical (unpaired) electrons. The van der Waals surface area contributed by atoms with Crippen LogP contribution in [0.3, 0.4) is 0 Å². The molecule has 0 spiro atoms. The topological polar surface area (TPSA) is 129 Å². The standard InChI is InChI=1S/C39H52N6O6/c1-7-9-17-41(18-10-8-2)37(49)33-21-27(3)45(40-33)34-16-15-30(43-20-19-42(25-35(43)47)38(50)51-39(4,5)6)23-32(34)36(48)44-24-29-14-12-11-13-28(29)22-31(44)26-46/h11-16,21,23,31,46H,7-10,17-20,22,24-26H2,1-6H3. The Hall–Kier alpha value is -4.71. The molecule has 0 saturated carbocycles. The number of rotatable bonds is 11. The van der Waals surface area contributed by atoms with Crippen LogP contribution in [0.5, 0.6) is 0 Å². The molecule has 12 heteroatoms. The van der Waals surface area contributed by atoms with Crippen LogP contribution in [0, 0.1) is 6.92 Å². The zero-order chi connectivity index (χ0) is 36.9. The van der Waals surface area contributed by atoms with Gasteiger partial charge in [0, 0.05) is 44.1 Å². The van der Waals surface area contributed by atoms with Crippen molar-refractivity contribution < 1.29 is 29.0 Å². The highest BCUT2D eigenvalue weighted by molar-refractivity contribution is 6.02. The van der Waals surface area contributed by atoms with Crippen molar-refractivity contribution in [2.45, 2.75) is 91.8 Å². The minimum Gasteiger partial charge on any atom is -0.444 e. The van der Waals surface area contributed by atoms with Gasteiger partial charge in [0.2, 0.25) is 5.91 Å². The van der Waals surface area contributed by atoms with E-state index in [1.54, 1.807) is 59.5 Å². The number of aliphatic hydroxyl groups excluding tert-OH is 1. The average molecular weight is 701 g/mol. The summed E-state index contributed by atoms with van der Waals surface area (Å²) >= 11 is 0. The molecule has 1 unspecified atom stereocenters. The summed E-state index contributed by atoms with van der Waals surface area (Å²) in [7, 11) is 0. The Morgan fingerprint density at radius 2 is 1.65 bits per heavy atom. The third-order valence-corrected chi connectivity index (χ3v) is 9.41. The van der Waals surface area contributed by atoms with Crippen LogP contribution in [0.1, 0.15) is 98.0 Å². The lowest BCUT2D eigenvalue weighted by Gasteiger charge is -2.37. The van der Waals surface area contributed by atoms with Gasteiger partial charge in [-0.3, -0.25) is 19.3 Å². The molecule has 3 aromatic rings. The van der Waals surface area contributed by atoms with Crippen LogP contribution in [-0.2, 0) is 22.5 Å². The molecule has 0 bridgehead atoms. The molecule has 3 heterocycles. The summed E-state index contributed by atoms with van der Waals surface area (Å²) in [6, 6.07) is 14.4. The molecule has 4 amide bonds. The average Bonchev–Trinajstić information content (AvgIpc) is 3.50. The quantitative estimate of drug-likeness (QED) is 0.285. The monoisotopic (exact) mass is 700 g/mol. The fourth-order valence-corrected chi connectivity index (χ4v) is 6.62. The lowest BCUT2D eigenvalue weighted by Crippen LogP contribution is -2.53. The molecule has 51 heavy (non-hydrogen) atoms. The summed E-state index contributed by atoms with van der Waals surface area (Å²) in [4.78, 5) is 61.1. The molecule has 1 saturated heterocycles. The normalized spacial score (nSPS) is 16.3. The molecule has 2 aliphatic rings. The fourth-order valence-electron chi connectivity index (χ4n) is 6.62. The number of piperazine rings is 1. The van der Waals surface area contributed by atoms with Gasteiger partial charge in [0.05, 0.1) is 23.9 Å². The van der Waals surface area contributed by atoms with Gasteiger partial charge in [-0.2, -0.15) is 5.10 Å². The molecule has 1 atom stereocenters. The first-order valence-electron chi connectivity index (χ1n) is 18.1. The number of fused-ring (bicyclic) bond motifs is 1. The van der Waals surface area contributed by atoms with E-state index in [1.807, 2.05) is 36.1 Å². The first-order chi connectivity index (χ1) is 24.3. The van der Waals surface area contributed by atoms with E-state index in [-0.39, 0.29) is 49.5 Å². The van der Waals surface area contributed by atoms with E-state index >= 15 is 0 Å². The number of amides is 4. The summed E-state index contributed by atoms with van der Waals surface area (Å²) in [6.45, 7) is 13.1. The van der Waals surface area contributed by atoms with Crippen LogP contribution in [0.2, 0.25) is 0 Å². The first-order valence-corrected chi connectivity index (χ1v) is 18.1. The lowest BCUT2D eigenvalue weighted by molar-refractivity contribution is -0.121. The number of carbonyl (C=O) groups is 4. The summed E-state index contributed by atoms with van der Waals surface area (Å²) in [5.41, 5.74) is 3.62. The van der Waals surface area contributed by atoms with Crippen molar-refractivity contribution in [1.82, 2.24) is 24.5 Å². The van der Waals surface area contributed by atoms with E-state index in [4.69, 9.17) is 9.84 Å². The highest BCUT2D eigenvalue weighted by Gasteiger charge is 2.35. The lowest BCUT2D eigenvalue weighted by atomic mass is 9.93. The number of benzene rings is 2. The molecule has 5 rings (SSSR count). The number of unbranched alkanes of at least 4 members (excludes halogenated alkanes) is 2. The van der Waals surface area contributed by atoms with Crippen molar-refractivity contribution in [1.29, 1.82) is 0 Å². The van der Waals surface area contributed by atoms with Gasteiger partial charge in [0.25, 0.3) is 11.8 Å².